The molecule has 3 aromatic carbocycles. The largest absolute Gasteiger partial charge is 0.497 e. The van der Waals surface area contributed by atoms with Gasteiger partial charge in [0.05, 0.1) is 7.11 Å². The van der Waals surface area contributed by atoms with Gasteiger partial charge in [-0.1, -0.05) is 54.6 Å². The molecule has 122 valence electrons. The van der Waals surface area contributed by atoms with Crippen LogP contribution in [0.2, 0.25) is 0 Å². The van der Waals surface area contributed by atoms with Gasteiger partial charge >= 0.3 is 0 Å². The molecule has 0 saturated carbocycles. The predicted molar refractivity (Wildman–Crippen MR) is 102 cm³/mol. The third-order valence-electron chi connectivity index (χ3n) is 4.25. The first-order valence-corrected chi connectivity index (χ1v) is 8.33. The number of hydrogen-bond donors (Lipinski definition) is 0. The molecular formula is C22H23NO. The average molecular weight is 317 g/mol. The number of rotatable bonds is 6. The molecule has 24 heavy (non-hydrogen) atoms. The summed E-state index contributed by atoms with van der Waals surface area (Å²) < 4.78 is 5.24. The lowest BCUT2D eigenvalue weighted by atomic mass is 10.0. The van der Waals surface area contributed by atoms with Crippen LogP contribution >= 0.6 is 0 Å². The fraction of sp³-hybridized carbons (Fsp3) is 0.182. The van der Waals surface area contributed by atoms with Gasteiger partial charge in [0.25, 0.3) is 0 Å². The van der Waals surface area contributed by atoms with Crippen molar-refractivity contribution in [3.05, 3.63) is 84.4 Å². The SMILES string of the molecule is CCN(Cc1ccc(-c2ccccc2)cc1)c1ccc(OC)cc1. The van der Waals surface area contributed by atoms with Crippen LogP contribution in [-0.2, 0) is 6.54 Å². The second kappa shape index (κ2) is 7.69. The molecular weight excluding hydrogens is 294 g/mol. The zero-order valence-corrected chi connectivity index (χ0v) is 14.3. The lowest BCUT2D eigenvalue weighted by Gasteiger charge is -2.23. The molecule has 0 amide bonds. The maximum Gasteiger partial charge on any atom is 0.119 e. The maximum absolute atomic E-state index is 5.24. The van der Waals surface area contributed by atoms with Crippen molar-refractivity contribution < 1.29 is 4.74 Å². The Morgan fingerprint density at radius 1 is 0.750 bits per heavy atom. The molecule has 0 atom stereocenters. The first-order valence-electron chi connectivity index (χ1n) is 8.33. The van der Waals surface area contributed by atoms with Gasteiger partial charge in [-0.25, -0.2) is 0 Å². The van der Waals surface area contributed by atoms with E-state index in [1.807, 2.05) is 18.2 Å². The monoisotopic (exact) mass is 317 g/mol. The van der Waals surface area contributed by atoms with E-state index in [1.54, 1.807) is 7.11 Å². The molecule has 0 bridgehead atoms. The van der Waals surface area contributed by atoms with Gasteiger partial charge in [-0.15, -0.1) is 0 Å². The summed E-state index contributed by atoms with van der Waals surface area (Å²) in [5.74, 6) is 0.891. The molecule has 3 aromatic rings. The maximum atomic E-state index is 5.24. The summed E-state index contributed by atoms with van der Waals surface area (Å²) in [5.41, 5.74) is 5.04. The van der Waals surface area contributed by atoms with E-state index in [2.05, 4.69) is 72.5 Å². The molecule has 0 saturated heterocycles. The van der Waals surface area contributed by atoms with E-state index < -0.39 is 0 Å². The van der Waals surface area contributed by atoms with Crippen molar-refractivity contribution in [2.75, 3.05) is 18.6 Å². The van der Waals surface area contributed by atoms with Gasteiger partial charge < -0.3 is 9.64 Å². The Morgan fingerprint density at radius 2 is 1.38 bits per heavy atom. The minimum Gasteiger partial charge on any atom is -0.497 e. The molecule has 0 unspecified atom stereocenters. The Kier molecular flexibility index (Phi) is 5.17. The fourth-order valence-corrected chi connectivity index (χ4v) is 2.83. The third kappa shape index (κ3) is 3.77. The summed E-state index contributed by atoms with van der Waals surface area (Å²) in [6.45, 7) is 4.05. The number of nitrogens with zero attached hydrogens (tertiary/aromatic N) is 1. The minimum absolute atomic E-state index is 0.891. The van der Waals surface area contributed by atoms with Crippen LogP contribution in [0.1, 0.15) is 12.5 Å². The summed E-state index contributed by atoms with van der Waals surface area (Å²) in [4.78, 5) is 2.36. The second-order valence-electron chi connectivity index (χ2n) is 5.78. The zero-order valence-electron chi connectivity index (χ0n) is 14.3. The van der Waals surface area contributed by atoms with Crippen molar-refractivity contribution in [2.24, 2.45) is 0 Å². The smallest absolute Gasteiger partial charge is 0.119 e. The average Bonchev–Trinajstić information content (AvgIpc) is 2.67. The second-order valence-corrected chi connectivity index (χ2v) is 5.78. The van der Waals surface area contributed by atoms with E-state index in [4.69, 9.17) is 4.74 Å². The van der Waals surface area contributed by atoms with Crippen LogP contribution in [0.3, 0.4) is 0 Å². The van der Waals surface area contributed by atoms with Gasteiger partial charge in [-0.2, -0.15) is 0 Å². The molecule has 0 aromatic heterocycles. The number of benzene rings is 3. The molecule has 0 aliphatic heterocycles. The predicted octanol–water partition coefficient (Wildman–Crippen LogP) is 5.39. The van der Waals surface area contributed by atoms with E-state index in [9.17, 15) is 0 Å². The summed E-state index contributed by atoms with van der Waals surface area (Å²) in [5, 5.41) is 0. The lowest BCUT2D eigenvalue weighted by molar-refractivity contribution is 0.415. The first kappa shape index (κ1) is 16.1. The van der Waals surface area contributed by atoms with Crippen molar-refractivity contribution in [1.29, 1.82) is 0 Å². The van der Waals surface area contributed by atoms with E-state index >= 15 is 0 Å². The van der Waals surface area contributed by atoms with Gasteiger partial charge in [0.1, 0.15) is 5.75 Å². The summed E-state index contributed by atoms with van der Waals surface area (Å²) in [6.07, 6.45) is 0. The number of ether oxygens (including phenoxy) is 1. The van der Waals surface area contributed by atoms with Crippen molar-refractivity contribution in [2.45, 2.75) is 13.5 Å². The van der Waals surface area contributed by atoms with Gasteiger partial charge in [0, 0.05) is 18.8 Å². The normalized spacial score (nSPS) is 10.4. The van der Waals surface area contributed by atoms with Gasteiger partial charge in [-0.05, 0) is 47.9 Å². The van der Waals surface area contributed by atoms with Crippen LogP contribution < -0.4 is 9.64 Å². The standard InChI is InChI=1S/C22H23NO/c1-3-23(21-13-15-22(24-2)16-14-21)17-18-9-11-20(12-10-18)19-7-5-4-6-8-19/h4-16H,3,17H2,1-2H3. The Morgan fingerprint density at radius 3 is 1.96 bits per heavy atom. The molecule has 0 spiro atoms. The quantitative estimate of drug-likeness (QED) is 0.604. The molecule has 2 heteroatoms. The molecule has 0 radical (unpaired) electrons. The van der Waals surface area contributed by atoms with Crippen molar-refractivity contribution in [3.63, 3.8) is 0 Å². The summed E-state index contributed by atoms with van der Waals surface area (Å²) in [7, 11) is 1.70. The summed E-state index contributed by atoms with van der Waals surface area (Å²) in [6, 6.07) is 27.6. The van der Waals surface area contributed by atoms with Crippen LogP contribution in [-0.4, -0.2) is 13.7 Å². The Balaban J connectivity index is 1.73. The highest BCUT2D eigenvalue weighted by Crippen LogP contribution is 2.23. The van der Waals surface area contributed by atoms with E-state index in [1.165, 1.54) is 22.4 Å². The van der Waals surface area contributed by atoms with Crippen LogP contribution in [0.5, 0.6) is 5.75 Å². The molecule has 2 nitrogen and oxygen atoms in total. The summed E-state index contributed by atoms with van der Waals surface area (Å²) >= 11 is 0. The van der Waals surface area contributed by atoms with Crippen LogP contribution in [0.4, 0.5) is 5.69 Å². The van der Waals surface area contributed by atoms with Crippen LogP contribution in [0, 0.1) is 0 Å². The van der Waals surface area contributed by atoms with Gasteiger partial charge in [0.15, 0.2) is 0 Å². The Labute approximate surface area is 144 Å². The van der Waals surface area contributed by atoms with Crippen LogP contribution in [0.25, 0.3) is 11.1 Å². The topological polar surface area (TPSA) is 12.5 Å². The molecule has 0 aliphatic rings. The minimum atomic E-state index is 0.891. The van der Waals surface area contributed by atoms with Crippen molar-refractivity contribution in [3.8, 4) is 16.9 Å². The van der Waals surface area contributed by atoms with E-state index in [0.717, 1.165) is 18.8 Å². The van der Waals surface area contributed by atoms with E-state index in [0.29, 0.717) is 0 Å². The van der Waals surface area contributed by atoms with Crippen molar-refractivity contribution in [1.82, 2.24) is 0 Å². The van der Waals surface area contributed by atoms with Crippen molar-refractivity contribution >= 4 is 5.69 Å². The Hall–Kier alpha value is -2.74. The van der Waals surface area contributed by atoms with Gasteiger partial charge in [-0.3, -0.25) is 0 Å². The van der Waals surface area contributed by atoms with Gasteiger partial charge in [0.2, 0.25) is 0 Å². The molecule has 0 aliphatic carbocycles. The fourth-order valence-electron chi connectivity index (χ4n) is 2.83. The zero-order chi connectivity index (χ0) is 16.8. The molecule has 0 N–H and O–H groups in total. The highest BCUT2D eigenvalue weighted by Gasteiger charge is 2.06. The lowest BCUT2D eigenvalue weighted by Crippen LogP contribution is -2.21. The van der Waals surface area contributed by atoms with E-state index in [-0.39, 0.29) is 0 Å². The number of hydrogen-bond acceptors (Lipinski definition) is 2. The number of methoxy groups -OCH3 is 1. The third-order valence-corrected chi connectivity index (χ3v) is 4.25. The highest BCUT2D eigenvalue weighted by molar-refractivity contribution is 5.63. The molecule has 0 heterocycles. The molecule has 3 rings (SSSR count). The van der Waals surface area contributed by atoms with Crippen LogP contribution in [0.15, 0.2) is 78.9 Å². The molecule has 0 fully saturated rings. The first-order chi connectivity index (χ1) is 11.8. The Bertz CT molecular complexity index is 748. The number of anilines is 1. The highest BCUT2D eigenvalue weighted by atomic mass is 16.5.